The van der Waals surface area contributed by atoms with Crippen LogP contribution >= 0.6 is 0 Å². The third-order valence-corrected chi connectivity index (χ3v) is 7.00. The molecule has 2 aliphatic rings. The van der Waals surface area contributed by atoms with Crippen molar-refractivity contribution >= 4 is 22.7 Å². The Morgan fingerprint density at radius 3 is 2.44 bits per heavy atom. The lowest BCUT2D eigenvalue weighted by Gasteiger charge is -2.39. The first kappa shape index (κ1) is 22.8. The van der Waals surface area contributed by atoms with Gasteiger partial charge in [-0.05, 0) is 78.4 Å². The maximum atomic E-state index is 13.1. The second-order valence-corrected chi connectivity index (χ2v) is 10.8. The van der Waals surface area contributed by atoms with Gasteiger partial charge in [-0.3, -0.25) is 14.5 Å². The number of aryl methyl sites for hydroxylation is 2. The SMILES string of the molecule is CCn1cc(C(=O)NC[C@@H]2C[C@H]3CC[C@@H](C2)N3CC(=O)NC(C)(C)C)c2cc(C)ccc21. The first-order chi connectivity index (χ1) is 15.1. The Kier molecular flexibility index (Phi) is 6.35. The molecule has 3 atom stereocenters. The molecule has 6 heteroatoms. The number of benzene rings is 1. The molecule has 2 bridgehead atoms. The molecule has 0 radical (unpaired) electrons. The molecule has 2 amide bonds. The van der Waals surface area contributed by atoms with Gasteiger partial charge in [-0.1, -0.05) is 11.6 Å². The van der Waals surface area contributed by atoms with E-state index in [4.69, 9.17) is 0 Å². The molecule has 0 aliphatic carbocycles. The summed E-state index contributed by atoms with van der Waals surface area (Å²) in [7, 11) is 0. The van der Waals surface area contributed by atoms with Crippen LogP contribution in [0.15, 0.2) is 24.4 Å². The second-order valence-electron chi connectivity index (χ2n) is 10.8. The molecule has 1 aromatic carbocycles. The molecule has 174 valence electrons. The maximum absolute atomic E-state index is 13.1. The van der Waals surface area contributed by atoms with Gasteiger partial charge in [0.25, 0.3) is 5.91 Å². The lowest BCUT2D eigenvalue weighted by Crippen LogP contribution is -2.52. The standard InChI is InChI=1S/C26H38N4O2/c1-6-29-15-22(21-11-17(2)7-10-23(21)29)25(32)27-14-18-12-19-8-9-20(13-18)30(19)16-24(31)28-26(3,4)5/h7,10-11,15,18-20H,6,8-9,12-14,16H2,1-5H3,(H,27,32)(H,28,31)/t18-,19-,20+. The van der Waals surface area contributed by atoms with E-state index in [2.05, 4.69) is 52.1 Å². The Morgan fingerprint density at radius 1 is 1.12 bits per heavy atom. The van der Waals surface area contributed by atoms with Crippen molar-refractivity contribution in [1.29, 1.82) is 0 Å². The van der Waals surface area contributed by atoms with E-state index in [-0.39, 0.29) is 17.4 Å². The molecule has 2 aliphatic heterocycles. The summed E-state index contributed by atoms with van der Waals surface area (Å²) in [6.45, 7) is 12.3. The molecule has 2 saturated heterocycles. The lowest BCUT2D eigenvalue weighted by atomic mass is 9.90. The van der Waals surface area contributed by atoms with Crippen LogP contribution in [-0.2, 0) is 11.3 Å². The fraction of sp³-hybridized carbons (Fsp3) is 0.615. The summed E-state index contributed by atoms with van der Waals surface area (Å²) in [5.74, 6) is 0.607. The third-order valence-electron chi connectivity index (χ3n) is 7.00. The van der Waals surface area contributed by atoms with Gasteiger partial charge in [-0.25, -0.2) is 0 Å². The van der Waals surface area contributed by atoms with E-state index < -0.39 is 0 Å². The van der Waals surface area contributed by atoms with Gasteiger partial charge in [0.15, 0.2) is 0 Å². The number of amides is 2. The van der Waals surface area contributed by atoms with Crippen LogP contribution in [0.25, 0.3) is 10.9 Å². The van der Waals surface area contributed by atoms with Gasteiger partial charge in [-0.2, -0.15) is 0 Å². The zero-order valence-corrected chi connectivity index (χ0v) is 20.2. The number of nitrogens with one attached hydrogen (secondary N) is 2. The third kappa shape index (κ3) is 4.85. The van der Waals surface area contributed by atoms with E-state index in [0.29, 0.717) is 31.1 Å². The summed E-state index contributed by atoms with van der Waals surface area (Å²) in [5.41, 5.74) is 2.85. The highest BCUT2D eigenvalue weighted by Crippen LogP contribution is 2.38. The van der Waals surface area contributed by atoms with E-state index in [1.165, 1.54) is 5.56 Å². The predicted molar refractivity (Wildman–Crippen MR) is 129 cm³/mol. The Balaban J connectivity index is 1.36. The zero-order valence-electron chi connectivity index (χ0n) is 20.2. The van der Waals surface area contributed by atoms with Gasteiger partial charge in [0.2, 0.25) is 5.91 Å². The van der Waals surface area contributed by atoms with Crippen molar-refractivity contribution in [2.45, 2.75) is 84.5 Å². The van der Waals surface area contributed by atoms with Crippen LogP contribution in [0.4, 0.5) is 0 Å². The fourth-order valence-electron chi connectivity index (χ4n) is 5.62. The van der Waals surface area contributed by atoms with Crippen LogP contribution in [0.3, 0.4) is 0 Å². The van der Waals surface area contributed by atoms with Crippen molar-refractivity contribution in [3.05, 3.63) is 35.5 Å². The van der Waals surface area contributed by atoms with Crippen molar-refractivity contribution in [2.24, 2.45) is 5.92 Å². The summed E-state index contributed by atoms with van der Waals surface area (Å²) >= 11 is 0. The van der Waals surface area contributed by atoms with Crippen molar-refractivity contribution in [3.63, 3.8) is 0 Å². The number of nitrogens with zero attached hydrogens (tertiary/aromatic N) is 2. The maximum Gasteiger partial charge on any atom is 0.253 e. The fourth-order valence-corrected chi connectivity index (χ4v) is 5.62. The van der Waals surface area contributed by atoms with Crippen LogP contribution in [0, 0.1) is 12.8 Å². The van der Waals surface area contributed by atoms with Gasteiger partial charge >= 0.3 is 0 Å². The zero-order chi connectivity index (χ0) is 23.0. The number of rotatable bonds is 6. The lowest BCUT2D eigenvalue weighted by molar-refractivity contribution is -0.125. The van der Waals surface area contributed by atoms with Crippen molar-refractivity contribution in [2.75, 3.05) is 13.1 Å². The average Bonchev–Trinajstić information content (AvgIpc) is 3.17. The topological polar surface area (TPSA) is 66.4 Å². The molecule has 2 N–H and O–H groups in total. The molecule has 0 saturated carbocycles. The predicted octanol–water partition coefficient (Wildman–Crippen LogP) is 3.86. The number of piperidine rings is 1. The van der Waals surface area contributed by atoms with Crippen LogP contribution in [0.1, 0.15) is 69.3 Å². The van der Waals surface area contributed by atoms with E-state index in [1.54, 1.807) is 0 Å². The minimum absolute atomic E-state index is 0.0205. The molecular formula is C26H38N4O2. The van der Waals surface area contributed by atoms with Gasteiger partial charge in [0.1, 0.15) is 0 Å². The number of hydrogen-bond donors (Lipinski definition) is 2. The number of carbonyl (C=O) groups is 2. The van der Waals surface area contributed by atoms with Crippen molar-refractivity contribution in [3.8, 4) is 0 Å². The monoisotopic (exact) mass is 438 g/mol. The Bertz CT molecular complexity index is 989. The molecule has 32 heavy (non-hydrogen) atoms. The molecule has 4 rings (SSSR count). The second kappa shape index (κ2) is 8.89. The first-order valence-electron chi connectivity index (χ1n) is 12.1. The van der Waals surface area contributed by atoms with Crippen LogP contribution in [-0.4, -0.2) is 52.0 Å². The van der Waals surface area contributed by atoms with Gasteiger partial charge < -0.3 is 15.2 Å². The molecule has 1 aromatic heterocycles. The Hall–Kier alpha value is -2.34. The number of hydrogen-bond acceptors (Lipinski definition) is 3. The minimum Gasteiger partial charge on any atom is -0.352 e. The normalized spacial score (nSPS) is 23.5. The highest BCUT2D eigenvalue weighted by molar-refractivity contribution is 6.07. The van der Waals surface area contributed by atoms with Crippen LogP contribution in [0.5, 0.6) is 0 Å². The molecular weight excluding hydrogens is 400 g/mol. The van der Waals surface area contributed by atoms with Gasteiger partial charge in [-0.15, -0.1) is 0 Å². The summed E-state index contributed by atoms with van der Waals surface area (Å²) in [4.78, 5) is 27.9. The highest BCUT2D eigenvalue weighted by Gasteiger charge is 2.41. The minimum atomic E-state index is -0.196. The van der Waals surface area contributed by atoms with Gasteiger partial charge in [0.05, 0.1) is 12.1 Å². The smallest absolute Gasteiger partial charge is 0.253 e. The number of fused-ring (bicyclic) bond motifs is 3. The Morgan fingerprint density at radius 2 is 1.81 bits per heavy atom. The summed E-state index contributed by atoms with van der Waals surface area (Å²) in [6, 6.07) is 7.21. The summed E-state index contributed by atoms with van der Waals surface area (Å²) < 4.78 is 2.14. The summed E-state index contributed by atoms with van der Waals surface area (Å²) in [5, 5.41) is 7.35. The molecule has 0 unspecified atom stereocenters. The van der Waals surface area contributed by atoms with E-state index in [9.17, 15) is 9.59 Å². The first-order valence-corrected chi connectivity index (χ1v) is 12.1. The molecule has 6 nitrogen and oxygen atoms in total. The number of carbonyl (C=O) groups excluding carboxylic acids is 2. The van der Waals surface area contributed by atoms with Gasteiger partial charge in [0, 0.05) is 47.8 Å². The molecule has 0 spiro atoms. The van der Waals surface area contributed by atoms with Crippen molar-refractivity contribution in [1.82, 2.24) is 20.1 Å². The largest absolute Gasteiger partial charge is 0.352 e. The molecule has 3 heterocycles. The van der Waals surface area contributed by atoms with E-state index >= 15 is 0 Å². The van der Waals surface area contributed by atoms with Crippen LogP contribution < -0.4 is 10.6 Å². The molecule has 2 fully saturated rings. The van der Waals surface area contributed by atoms with Crippen LogP contribution in [0.2, 0.25) is 0 Å². The van der Waals surface area contributed by atoms with Crippen molar-refractivity contribution < 1.29 is 9.59 Å². The quantitative estimate of drug-likeness (QED) is 0.720. The van der Waals surface area contributed by atoms with E-state index in [1.807, 2.05) is 27.0 Å². The number of aromatic nitrogens is 1. The average molecular weight is 439 g/mol. The van der Waals surface area contributed by atoms with E-state index in [0.717, 1.165) is 48.7 Å². The molecule has 2 aromatic rings. The highest BCUT2D eigenvalue weighted by atomic mass is 16.2. The Labute approximate surface area is 191 Å². The summed E-state index contributed by atoms with van der Waals surface area (Å²) in [6.07, 6.45) is 6.40.